The highest BCUT2D eigenvalue weighted by molar-refractivity contribution is 6.54. The lowest BCUT2D eigenvalue weighted by atomic mass is 10.1. The summed E-state index contributed by atoms with van der Waals surface area (Å²) < 4.78 is 33.6. The van der Waals surface area contributed by atoms with E-state index in [9.17, 15) is 8.63 Å². The van der Waals surface area contributed by atoms with Gasteiger partial charge in [-0.3, -0.25) is 4.98 Å². The molecule has 1 aliphatic heterocycles. The number of nitrogens with zero attached hydrogens (tertiary/aromatic N) is 2. The van der Waals surface area contributed by atoms with Crippen LogP contribution in [0.15, 0.2) is 60.5 Å². The second kappa shape index (κ2) is 4.46. The topological polar surface area (TPSA) is 25.1 Å². The molecule has 19 heavy (non-hydrogen) atoms. The van der Waals surface area contributed by atoms with Gasteiger partial charge in [-0.2, -0.15) is 0 Å². The first kappa shape index (κ1) is 11.8. The van der Waals surface area contributed by atoms with Gasteiger partial charge in [0.25, 0.3) is 0 Å². The molecule has 6 heteroatoms. The van der Waals surface area contributed by atoms with E-state index in [1.54, 1.807) is 54.8 Å². The van der Waals surface area contributed by atoms with E-state index < -0.39 is 7.04 Å². The van der Waals surface area contributed by atoms with E-state index in [0.29, 0.717) is 11.4 Å². The van der Waals surface area contributed by atoms with Gasteiger partial charge in [-0.25, -0.2) is 0 Å². The highest BCUT2D eigenvalue weighted by atomic mass is 19.3. The molecule has 0 saturated carbocycles. The number of pyridine rings is 1. The second-order valence-corrected chi connectivity index (χ2v) is 4.29. The summed E-state index contributed by atoms with van der Waals surface area (Å²) in [5.41, 5.74) is 0.965. The molecule has 0 radical (unpaired) electrons. The molecule has 96 valence electrons. The third-order valence-corrected chi connectivity index (χ3v) is 2.98. The van der Waals surface area contributed by atoms with E-state index in [4.69, 9.17) is 4.65 Å². The van der Waals surface area contributed by atoms with E-state index in [0.717, 1.165) is 4.49 Å². The van der Waals surface area contributed by atoms with Crippen LogP contribution in [0.2, 0.25) is 0 Å². The number of hydrogen-bond acceptors (Lipinski definition) is 2. The summed E-state index contributed by atoms with van der Waals surface area (Å²) in [5, 5.41) is 0. The quantitative estimate of drug-likeness (QED) is 0.763. The zero-order valence-electron chi connectivity index (χ0n) is 10.0. The molecule has 1 aliphatic carbocycles. The van der Waals surface area contributed by atoms with Crippen molar-refractivity contribution < 1.29 is 17.8 Å². The Morgan fingerprint density at radius 2 is 2.11 bits per heavy atom. The van der Waals surface area contributed by atoms with Gasteiger partial charge >= 0.3 is 7.04 Å². The first-order valence-corrected chi connectivity index (χ1v) is 5.96. The normalized spacial score (nSPS) is 19.8. The van der Waals surface area contributed by atoms with Crippen molar-refractivity contribution in [2.75, 3.05) is 0 Å². The van der Waals surface area contributed by atoms with E-state index in [2.05, 4.69) is 4.98 Å². The molecule has 2 heterocycles. The molecule has 3 rings (SSSR count). The number of aromatic nitrogens is 1. The molecule has 0 aromatic carbocycles. The average molecular weight is 260 g/mol. The molecule has 0 unspecified atom stereocenters. The summed E-state index contributed by atoms with van der Waals surface area (Å²) in [5.74, 6) is 0.200. The van der Waals surface area contributed by atoms with Crippen molar-refractivity contribution in [1.82, 2.24) is 4.98 Å². The number of rotatable bonds is 2. The van der Waals surface area contributed by atoms with Crippen LogP contribution in [-0.4, -0.2) is 22.2 Å². The Labute approximate surface area is 109 Å². The van der Waals surface area contributed by atoms with Gasteiger partial charge in [0, 0.05) is 12.3 Å². The summed E-state index contributed by atoms with van der Waals surface area (Å²) in [6.07, 6.45) is 9.92. The van der Waals surface area contributed by atoms with Crippen molar-refractivity contribution in [3.8, 4) is 0 Å². The summed E-state index contributed by atoms with van der Waals surface area (Å²) in [4.78, 5) is 4.08. The van der Waals surface area contributed by atoms with Gasteiger partial charge in [-0.1, -0.05) is 24.3 Å². The van der Waals surface area contributed by atoms with Crippen molar-refractivity contribution >= 4 is 12.7 Å². The molecule has 1 aromatic rings. The first-order valence-electron chi connectivity index (χ1n) is 5.96. The number of allylic oxidation sites excluding steroid dienone is 5. The smallest absolute Gasteiger partial charge is 0.595 e. The number of halogens is 2. The molecule has 2 aliphatic rings. The van der Waals surface area contributed by atoms with E-state index in [-0.39, 0.29) is 12.3 Å². The van der Waals surface area contributed by atoms with Crippen molar-refractivity contribution in [2.45, 2.75) is 6.54 Å². The van der Waals surface area contributed by atoms with E-state index in [1.165, 1.54) is 0 Å². The summed E-state index contributed by atoms with van der Waals surface area (Å²) in [7, 11) is -4.05. The molecule has 0 fully saturated rings. The molecule has 0 N–H and O–H groups in total. The molecule has 0 amide bonds. The highest BCUT2D eigenvalue weighted by Crippen LogP contribution is 2.27. The van der Waals surface area contributed by atoms with E-state index >= 15 is 0 Å². The molecular weight excluding hydrogens is 249 g/mol. The Morgan fingerprint density at radius 3 is 2.89 bits per heavy atom. The van der Waals surface area contributed by atoms with Gasteiger partial charge in [-0.15, -0.1) is 0 Å². The van der Waals surface area contributed by atoms with Crippen LogP contribution in [0.3, 0.4) is 0 Å². The van der Waals surface area contributed by atoms with Gasteiger partial charge in [0.05, 0.1) is 5.69 Å². The maximum absolute atomic E-state index is 13.9. The lowest BCUT2D eigenvalue weighted by Gasteiger charge is -2.14. The molecule has 0 spiro atoms. The number of hydrogen-bond donors (Lipinski definition) is 0. The van der Waals surface area contributed by atoms with Gasteiger partial charge in [0.2, 0.25) is 0 Å². The van der Waals surface area contributed by atoms with E-state index in [1.807, 2.05) is 0 Å². The van der Waals surface area contributed by atoms with Crippen LogP contribution >= 0.6 is 0 Å². The van der Waals surface area contributed by atoms with Crippen molar-refractivity contribution in [3.63, 3.8) is 0 Å². The molecule has 0 bridgehead atoms. The molecular formula is C13H11BF2N2O. The summed E-state index contributed by atoms with van der Waals surface area (Å²) in [6.45, 7) is 0.0187. The van der Waals surface area contributed by atoms with Crippen LogP contribution in [-0.2, 0) is 11.2 Å². The van der Waals surface area contributed by atoms with Crippen LogP contribution < -0.4 is 0 Å². The fourth-order valence-electron chi connectivity index (χ4n) is 2.09. The fourth-order valence-corrected chi connectivity index (χ4v) is 2.09. The molecule has 0 atom stereocenters. The van der Waals surface area contributed by atoms with Gasteiger partial charge in [-0.05, 0) is 18.2 Å². The van der Waals surface area contributed by atoms with Crippen LogP contribution in [0.5, 0.6) is 0 Å². The maximum Gasteiger partial charge on any atom is 0.829 e. The minimum absolute atomic E-state index is 0.0187. The average Bonchev–Trinajstić information content (AvgIpc) is 2.56. The standard InChI is InChI=1S/C13H11BF2N2O/c15-14(16)18(10-11-6-4-5-9-17-11)12-7-2-1-3-8-13(12)19-14/h1-9H,10H2. The molecule has 0 saturated heterocycles. The van der Waals surface area contributed by atoms with Gasteiger partial charge in [0.15, 0.2) is 5.71 Å². The number of fused-ring (bicyclic) bond motifs is 1. The lowest BCUT2D eigenvalue weighted by molar-refractivity contribution is -0.447. The van der Waals surface area contributed by atoms with Gasteiger partial charge in [0.1, 0.15) is 12.3 Å². The maximum atomic E-state index is 13.9. The lowest BCUT2D eigenvalue weighted by Crippen LogP contribution is -2.38. The minimum atomic E-state index is -4.05. The predicted octanol–water partition coefficient (Wildman–Crippen LogP) is 2.45. The largest absolute Gasteiger partial charge is 0.829 e. The monoisotopic (exact) mass is 260 g/mol. The zero-order valence-corrected chi connectivity index (χ0v) is 10.0. The Bertz CT molecular complexity index is 621. The summed E-state index contributed by atoms with van der Waals surface area (Å²) in [6, 6.07) is 5.24. The van der Waals surface area contributed by atoms with Crippen LogP contribution in [0.25, 0.3) is 0 Å². The second-order valence-electron chi connectivity index (χ2n) is 4.29. The third kappa shape index (κ3) is 2.21. The Kier molecular flexibility index (Phi) is 2.78. The summed E-state index contributed by atoms with van der Waals surface area (Å²) >= 11 is 0. The SMILES string of the molecule is F[B-]1(F)OC2=CC=CC=CC2=[N+]1Cc1ccccn1. The van der Waals surface area contributed by atoms with Crippen molar-refractivity contribution in [2.24, 2.45) is 0 Å². The third-order valence-electron chi connectivity index (χ3n) is 2.98. The molecule has 3 nitrogen and oxygen atoms in total. The van der Waals surface area contributed by atoms with Crippen molar-refractivity contribution in [3.05, 3.63) is 66.2 Å². The van der Waals surface area contributed by atoms with Crippen LogP contribution in [0, 0.1) is 0 Å². The predicted molar refractivity (Wildman–Crippen MR) is 68.6 cm³/mol. The highest BCUT2D eigenvalue weighted by Gasteiger charge is 2.54. The van der Waals surface area contributed by atoms with Gasteiger partial charge < -0.3 is 17.8 Å². The van der Waals surface area contributed by atoms with Crippen LogP contribution in [0.1, 0.15) is 5.69 Å². The Hall–Kier alpha value is -2.24. The van der Waals surface area contributed by atoms with Crippen molar-refractivity contribution in [1.29, 1.82) is 0 Å². The molecule has 1 aromatic heterocycles. The Morgan fingerprint density at radius 1 is 1.21 bits per heavy atom. The fraction of sp³-hybridized carbons (Fsp3) is 0.0769. The zero-order chi connectivity index (χ0) is 13.3. The minimum Gasteiger partial charge on any atom is -0.595 e. The van der Waals surface area contributed by atoms with Crippen LogP contribution in [0.4, 0.5) is 8.63 Å². The Balaban J connectivity index is 2.03. The first-order chi connectivity index (χ1) is 9.17.